The molecule has 6 nitrogen and oxygen atoms in total. The first kappa shape index (κ1) is 16.8. The zero-order valence-corrected chi connectivity index (χ0v) is 13.9. The molecule has 130 valence electrons. The maximum absolute atomic E-state index is 11.5. The van der Waals surface area contributed by atoms with Crippen molar-refractivity contribution < 1.29 is 9.53 Å². The number of anilines is 1. The van der Waals surface area contributed by atoms with E-state index >= 15 is 0 Å². The summed E-state index contributed by atoms with van der Waals surface area (Å²) < 4.78 is 5.79. The fourth-order valence-corrected chi connectivity index (χ4v) is 2.29. The largest absolute Gasteiger partial charge is 0.457 e. The first-order valence-corrected chi connectivity index (χ1v) is 8.38. The molecule has 0 saturated heterocycles. The molecule has 2 aromatic carbocycles. The van der Waals surface area contributed by atoms with Crippen molar-refractivity contribution in [1.82, 2.24) is 5.32 Å². The highest BCUT2D eigenvalue weighted by Crippen LogP contribution is 2.28. The van der Waals surface area contributed by atoms with Crippen LogP contribution in [0.4, 0.5) is 5.69 Å². The van der Waals surface area contributed by atoms with Gasteiger partial charge in [-0.2, -0.15) is 0 Å². The Balaban J connectivity index is 1.48. The van der Waals surface area contributed by atoms with Crippen LogP contribution in [0.25, 0.3) is 0 Å². The molecule has 1 amide bonds. The molecule has 2 aromatic rings. The number of benzene rings is 2. The van der Waals surface area contributed by atoms with E-state index in [9.17, 15) is 4.79 Å². The van der Waals surface area contributed by atoms with Crippen LogP contribution >= 0.6 is 0 Å². The SMILES string of the molecule is NC(=NCCNC(=O)C1CC1)Nc1cccc(Oc2ccccc2)c1. The summed E-state index contributed by atoms with van der Waals surface area (Å²) in [6.45, 7) is 0.937. The van der Waals surface area contributed by atoms with Gasteiger partial charge in [0, 0.05) is 24.2 Å². The van der Waals surface area contributed by atoms with Crippen molar-refractivity contribution in [3.05, 3.63) is 54.6 Å². The summed E-state index contributed by atoms with van der Waals surface area (Å²) in [7, 11) is 0. The van der Waals surface area contributed by atoms with Crippen LogP contribution in [0, 0.1) is 5.92 Å². The number of para-hydroxylation sites is 1. The zero-order valence-electron chi connectivity index (χ0n) is 13.9. The molecule has 0 aliphatic heterocycles. The normalized spacial score (nSPS) is 14.0. The van der Waals surface area contributed by atoms with Crippen LogP contribution in [-0.4, -0.2) is 25.0 Å². The van der Waals surface area contributed by atoms with Crippen LogP contribution < -0.4 is 21.1 Å². The number of nitrogens with zero attached hydrogens (tertiary/aromatic N) is 1. The van der Waals surface area contributed by atoms with Gasteiger partial charge in [0.2, 0.25) is 5.91 Å². The van der Waals surface area contributed by atoms with Gasteiger partial charge >= 0.3 is 0 Å². The Hall–Kier alpha value is -3.02. The highest BCUT2D eigenvalue weighted by atomic mass is 16.5. The number of nitrogens with two attached hydrogens (primary N) is 1. The Labute approximate surface area is 147 Å². The Morgan fingerprint density at radius 1 is 1.12 bits per heavy atom. The molecule has 6 heteroatoms. The molecule has 1 fully saturated rings. The second-order valence-corrected chi connectivity index (χ2v) is 5.90. The Bertz CT molecular complexity index is 742. The molecular formula is C19H22N4O2. The van der Waals surface area contributed by atoms with Crippen LogP contribution in [0.1, 0.15) is 12.8 Å². The molecule has 0 heterocycles. The summed E-state index contributed by atoms with van der Waals surface area (Å²) in [6.07, 6.45) is 2.00. The number of carbonyl (C=O) groups is 1. The van der Waals surface area contributed by atoms with Crippen molar-refractivity contribution in [3.63, 3.8) is 0 Å². The lowest BCUT2D eigenvalue weighted by Gasteiger charge is -2.09. The molecular weight excluding hydrogens is 316 g/mol. The minimum Gasteiger partial charge on any atom is -0.457 e. The van der Waals surface area contributed by atoms with E-state index < -0.39 is 0 Å². The highest BCUT2D eigenvalue weighted by Gasteiger charge is 2.28. The van der Waals surface area contributed by atoms with Gasteiger partial charge in [0.15, 0.2) is 5.96 Å². The smallest absolute Gasteiger partial charge is 0.223 e. The van der Waals surface area contributed by atoms with Crippen molar-refractivity contribution in [2.24, 2.45) is 16.6 Å². The standard InChI is InChI=1S/C19H22N4O2/c20-19(22-12-11-21-18(24)14-9-10-14)23-15-5-4-8-17(13-15)25-16-6-2-1-3-7-16/h1-8,13-14H,9-12H2,(H,21,24)(H3,20,22,23). The zero-order chi connectivity index (χ0) is 17.5. The Morgan fingerprint density at radius 2 is 1.88 bits per heavy atom. The van der Waals surface area contributed by atoms with Gasteiger partial charge in [0.25, 0.3) is 0 Å². The van der Waals surface area contributed by atoms with Crippen molar-refractivity contribution in [1.29, 1.82) is 0 Å². The van der Waals surface area contributed by atoms with Gasteiger partial charge in [-0.25, -0.2) is 0 Å². The van der Waals surface area contributed by atoms with Crippen LogP contribution in [0.2, 0.25) is 0 Å². The van der Waals surface area contributed by atoms with E-state index in [1.54, 1.807) is 0 Å². The number of amides is 1. The summed E-state index contributed by atoms with van der Waals surface area (Å²) in [6, 6.07) is 17.1. The van der Waals surface area contributed by atoms with E-state index in [2.05, 4.69) is 15.6 Å². The van der Waals surface area contributed by atoms with Crippen molar-refractivity contribution in [3.8, 4) is 11.5 Å². The summed E-state index contributed by atoms with van der Waals surface area (Å²) in [5, 5.41) is 5.88. The van der Waals surface area contributed by atoms with E-state index in [-0.39, 0.29) is 11.8 Å². The molecule has 3 rings (SSSR count). The number of hydrogen-bond donors (Lipinski definition) is 3. The number of guanidine groups is 1. The lowest BCUT2D eigenvalue weighted by atomic mass is 10.3. The molecule has 0 bridgehead atoms. The minimum atomic E-state index is 0.118. The third kappa shape index (κ3) is 5.53. The molecule has 1 aliphatic carbocycles. The number of ether oxygens (including phenoxy) is 1. The van der Waals surface area contributed by atoms with Gasteiger partial charge in [-0.05, 0) is 37.1 Å². The van der Waals surface area contributed by atoms with Crippen LogP contribution in [-0.2, 0) is 4.79 Å². The van der Waals surface area contributed by atoms with Gasteiger partial charge < -0.3 is 21.1 Å². The Kier molecular flexibility index (Phi) is 5.51. The number of aliphatic imine (C=N–C) groups is 1. The number of rotatable bonds is 7. The number of nitrogens with one attached hydrogen (secondary N) is 2. The quantitative estimate of drug-likeness (QED) is 0.411. The van der Waals surface area contributed by atoms with Gasteiger partial charge in [-0.3, -0.25) is 9.79 Å². The average molecular weight is 338 g/mol. The summed E-state index contributed by atoms with van der Waals surface area (Å²) >= 11 is 0. The molecule has 0 aromatic heterocycles. The molecule has 4 N–H and O–H groups in total. The van der Waals surface area contributed by atoms with Gasteiger partial charge in [0.1, 0.15) is 11.5 Å². The molecule has 1 saturated carbocycles. The van der Waals surface area contributed by atoms with Gasteiger partial charge in [0.05, 0.1) is 6.54 Å². The predicted octanol–water partition coefficient (Wildman–Crippen LogP) is 2.73. The average Bonchev–Trinajstić information content (AvgIpc) is 3.45. The monoisotopic (exact) mass is 338 g/mol. The topological polar surface area (TPSA) is 88.7 Å². The van der Waals surface area contributed by atoms with E-state index in [0.717, 1.165) is 24.3 Å². The second-order valence-electron chi connectivity index (χ2n) is 5.90. The lowest BCUT2D eigenvalue weighted by molar-refractivity contribution is -0.122. The van der Waals surface area contributed by atoms with Crippen LogP contribution in [0.5, 0.6) is 11.5 Å². The molecule has 0 radical (unpaired) electrons. The van der Waals surface area contributed by atoms with E-state index in [4.69, 9.17) is 10.5 Å². The fraction of sp³-hybridized carbons (Fsp3) is 0.263. The van der Waals surface area contributed by atoms with E-state index in [0.29, 0.717) is 24.8 Å². The second kappa shape index (κ2) is 8.19. The van der Waals surface area contributed by atoms with Crippen LogP contribution in [0.3, 0.4) is 0 Å². The maximum Gasteiger partial charge on any atom is 0.223 e. The summed E-state index contributed by atoms with van der Waals surface area (Å²) in [5.74, 6) is 2.12. The molecule has 1 aliphatic rings. The first-order chi connectivity index (χ1) is 12.2. The Morgan fingerprint density at radius 3 is 2.64 bits per heavy atom. The van der Waals surface area contributed by atoms with Crippen molar-refractivity contribution in [2.45, 2.75) is 12.8 Å². The molecule has 0 spiro atoms. The third-order valence-corrected chi connectivity index (χ3v) is 3.73. The van der Waals surface area contributed by atoms with Crippen molar-refractivity contribution in [2.75, 3.05) is 18.4 Å². The van der Waals surface area contributed by atoms with E-state index in [1.165, 1.54) is 0 Å². The minimum absolute atomic E-state index is 0.118. The number of hydrogen-bond acceptors (Lipinski definition) is 3. The maximum atomic E-state index is 11.5. The summed E-state index contributed by atoms with van der Waals surface area (Å²) in [4.78, 5) is 15.7. The first-order valence-electron chi connectivity index (χ1n) is 8.38. The van der Waals surface area contributed by atoms with Gasteiger partial charge in [-0.15, -0.1) is 0 Å². The van der Waals surface area contributed by atoms with E-state index in [1.807, 2.05) is 54.6 Å². The lowest BCUT2D eigenvalue weighted by Crippen LogP contribution is -2.29. The summed E-state index contributed by atoms with van der Waals surface area (Å²) in [5.41, 5.74) is 6.67. The fourth-order valence-electron chi connectivity index (χ4n) is 2.29. The van der Waals surface area contributed by atoms with Crippen molar-refractivity contribution >= 4 is 17.6 Å². The molecule has 0 atom stereocenters. The molecule has 25 heavy (non-hydrogen) atoms. The molecule has 0 unspecified atom stereocenters. The van der Waals surface area contributed by atoms with Gasteiger partial charge in [-0.1, -0.05) is 24.3 Å². The van der Waals surface area contributed by atoms with Crippen LogP contribution in [0.15, 0.2) is 59.6 Å². The third-order valence-electron chi connectivity index (χ3n) is 3.73. The highest BCUT2D eigenvalue weighted by molar-refractivity contribution is 5.92. The number of carbonyl (C=O) groups excluding carboxylic acids is 1. The predicted molar refractivity (Wildman–Crippen MR) is 98.8 cm³/mol.